The Labute approximate surface area is 155 Å². The third-order valence-electron chi connectivity index (χ3n) is 4.44. The van der Waals surface area contributed by atoms with Crippen molar-refractivity contribution in [1.82, 2.24) is 10.4 Å². The first-order valence-corrected chi connectivity index (χ1v) is 10.7. The van der Waals surface area contributed by atoms with E-state index < -0.39 is 0 Å². The molecule has 1 saturated heterocycles. The second-order valence-electron chi connectivity index (χ2n) is 6.36. The Bertz CT molecular complexity index is 695. The summed E-state index contributed by atoms with van der Waals surface area (Å²) < 4.78 is 6.62. The minimum atomic E-state index is -0.281. The molecule has 0 aromatic heterocycles. The molecular formula is C20H24N2O2Se. The molecule has 1 N–H and O–H groups in total. The summed E-state index contributed by atoms with van der Waals surface area (Å²) in [6.45, 7) is 4.38. The first-order chi connectivity index (χ1) is 12.1. The van der Waals surface area contributed by atoms with E-state index in [0.717, 1.165) is 11.7 Å². The quantitative estimate of drug-likeness (QED) is 0.781. The fraction of sp³-hybridized carbons (Fsp3) is 0.350. The van der Waals surface area contributed by atoms with Gasteiger partial charge in [-0.25, -0.2) is 0 Å². The maximum atomic E-state index is 12.4. The summed E-state index contributed by atoms with van der Waals surface area (Å²) in [4.78, 5) is 12.4. The number of benzene rings is 2. The molecule has 1 aliphatic heterocycles. The van der Waals surface area contributed by atoms with E-state index in [4.69, 9.17) is 4.74 Å². The average molecular weight is 403 g/mol. The standard InChI is InChI=1S/C20H24N2O2Se/c1-3-24-19(23)22-17(15-25-18-12-8-5-9-13-18)14-20(2,21-22)16-10-6-4-7-11-16/h4-13,17,21H,3,14-15H2,1-2H3. The fourth-order valence-electron chi connectivity index (χ4n) is 3.18. The molecule has 5 heteroatoms. The van der Waals surface area contributed by atoms with Gasteiger partial charge in [0.05, 0.1) is 0 Å². The summed E-state index contributed by atoms with van der Waals surface area (Å²) in [5.41, 5.74) is 4.36. The predicted octanol–water partition coefficient (Wildman–Crippen LogP) is 3.09. The molecule has 0 aliphatic carbocycles. The van der Waals surface area contributed by atoms with E-state index in [9.17, 15) is 4.79 Å². The fourth-order valence-corrected chi connectivity index (χ4v) is 5.28. The van der Waals surface area contributed by atoms with Crippen LogP contribution in [0.25, 0.3) is 0 Å². The van der Waals surface area contributed by atoms with Crippen LogP contribution in [0.5, 0.6) is 0 Å². The van der Waals surface area contributed by atoms with Gasteiger partial charge in [0, 0.05) is 0 Å². The molecule has 0 bridgehead atoms. The van der Waals surface area contributed by atoms with Crippen LogP contribution < -0.4 is 9.89 Å². The van der Waals surface area contributed by atoms with Crippen molar-refractivity contribution in [2.75, 3.05) is 6.61 Å². The average Bonchev–Trinajstić information content (AvgIpc) is 3.00. The van der Waals surface area contributed by atoms with Gasteiger partial charge in [0.25, 0.3) is 0 Å². The molecule has 0 spiro atoms. The molecule has 2 unspecified atom stereocenters. The molecule has 25 heavy (non-hydrogen) atoms. The predicted molar refractivity (Wildman–Crippen MR) is 101 cm³/mol. The van der Waals surface area contributed by atoms with Crippen molar-refractivity contribution in [1.29, 1.82) is 0 Å². The SMILES string of the molecule is CCOC(=O)N1NC(C)(c2ccccc2)CC1C[Se]c1ccccc1. The van der Waals surface area contributed by atoms with Crippen molar-refractivity contribution in [2.24, 2.45) is 0 Å². The summed E-state index contributed by atoms with van der Waals surface area (Å²) in [5, 5.41) is 2.67. The molecule has 1 aliphatic rings. The molecule has 132 valence electrons. The summed E-state index contributed by atoms with van der Waals surface area (Å²) in [7, 11) is 0. The van der Waals surface area contributed by atoms with Gasteiger partial charge in [-0.05, 0) is 0 Å². The van der Waals surface area contributed by atoms with Crippen molar-refractivity contribution in [3.63, 3.8) is 0 Å². The van der Waals surface area contributed by atoms with Gasteiger partial charge in [0.15, 0.2) is 0 Å². The molecule has 1 heterocycles. The topological polar surface area (TPSA) is 41.6 Å². The van der Waals surface area contributed by atoms with Crippen LogP contribution in [0, 0.1) is 0 Å². The van der Waals surface area contributed by atoms with Gasteiger partial charge >= 0.3 is 155 Å². The van der Waals surface area contributed by atoms with Gasteiger partial charge in [-0.3, -0.25) is 0 Å². The number of rotatable bonds is 5. The van der Waals surface area contributed by atoms with Crippen LogP contribution in [-0.2, 0) is 10.3 Å². The second kappa shape index (κ2) is 8.05. The van der Waals surface area contributed by atoms with E-state index in [1.165, 1.54) is 10.0 Å². The molecular weight excluding hydrogens is 379 g/mol. The third kappa shape index (κ3) is 4.24. The number of hydrogen-bond donors (Lipinski definition) is 1. The number of nitrogens with zero attached hydrogens (tertiary/aromatic N) is 1. The van der Waals surface area contributed by atoms with Gasteiger partial charge < -0.3 is 0 Å². The Morgan fingerprint density at radius 3 is 2.48 bits per heavy atom. The number of hydrogen-bond acceptors (Lipinski definition) is 3. The van der Waals surface area contributed by atoms with Crippen molar-refractivity contribution in [3.8, 4) is 0 Å². The molecule has 1 fully saturated rings. The Kier molecular flexibility index (Phi) is 5.79. The summed E-state index contributed by atoms with van der Waals surface area (Å²) in [6, 6.07) is 20.9. The summed E-state index contributed by atoms with van der Waals surface area (Å²) in [6.07, 6.45) is 0.598. The van der Waals surface area contributed by atoms with Gasteiger partial charge in [0.2, 0.25) is 0 Å². The molecule has 3 rings (SSSR count). The zero-order valence-electron chi connectivity index (χ0n) is 14.6. The first-order valence-electron chi connectivity index (χ1n) is 8.59. The van der Waals surface area contributed by atoms with E-state index >= 15 is 0 Å². The zero-order chi connectivity index (χ0) is 17.7. The maximum absolute atomic E-state index is 12.4. The molecule has 0 saturated carbocycles. The van der Waals surface area contributed by atoms with Crippen LogP contribution in [0.2, 0.25) is 5.32 Å². The van der Waals surface area contributed by atoms with Crippen molar-refractivity contribution in [3.05, 3.63) is 66.2 Å². The summed E-state index contributed by atoms with van der Waals surface area (Å²) in [5.74, 6) is 0. The Morgan fingerprint density at radius 2 is 1.84 bits per heavy atom. The monoisotopic (exact) mass is 404 g/mol. The third-order valence-corrected chi connectivity index (χ3v) is 6.86. The van der Waals surface area contributed by atoms with Crippen LogP contribution in [0.15, 0.2) is 60.7 Å². The van der Waals surface area contributed by atoms with Gasteiger partial charge in [-0.2, -0.15) is 0 Å². The Morgan fingerprint density at radius 1 is 1.20 bits per heavy atom. The van der Waals surface area contributed by atoms with E-state index in [1.807, 2.05) is 31.2 Å². The molecule has 4 nitrogen and oxygen atoms in total. The zero-order valence-corrected chi connectivity index (χ0v) is 16.4. The molecule has 2 atom stereocenters. The van der Waals surface area contributed by atoms with E-state index in [-0.39, 0.29) is 17.7 Å². The first kappa shape index (κ1) is 18.0. The van der Waals surface area contributed by atoms with Gasteiger partial charge in [-0.15, -0.1) is 0 Å². The molecule has 2 aromatic carbocycles. The number of carbonyl (C=O) groups excluding carboxylic acids is 1. The van der Waals surface area contributed by atoms with E-state index in [0.29, 0.717) is 21.6 Å². The second-order valence-corrected chi connectivity index (χ2v) is 8.65. The Balaban J connectivity index is 1.77. The van der Waals surface area contributed by atoms with Crippen molar-refractivity contribution in [2.45, 2.75) is 37.2 Å². The van der Waals surface area contributed by atoms with Gasteiger partial charge in [-0.1, -0.05) is 0 Å². The van der Waals surface area contributed by atoms with Crippen LogP contribution in [0.3, 0.4) is 0 Å². The van der Waals surface area contributed by atoms with Gasteiger partial charge in [0.1, 0.15) is 0 Å². The van der Waals surface area contributed by atoms with E-state index in [2.05, 4.69) is 48.7 Å². The van der Waals surface area contributed by atoms with Crippen LogP contribution in [-0.4, -0.2) is 38.7 Å². The number of hydrazine groups is 1. The number of carbonyl (C=O) groups is 1. The van der Waals surface area contributed by atoms with E-state index in [1.54, 1.807) is 5.01 Å². The van der Waals surface area contributed by atoms with Crippen molar-refractivity contribution >= 4 is 25.5 Å². The number of nitrogens with one attached hydrogen (secondary N) is 1. The molecule has 0 radical (unpaired) electrons. The molecule has 2 aromatic rings. The minimum absolute atomic E-state index is 0.129. The van der Waals surface area contributed by atoms with Crippen LogP contribution >= 0.6 is 0 Å². The number of amides is 1. The van der Waals surface area contributed by atoms with Crippen LogP contribution in [0.4, 0.5) is 4.79 Å². The summed E-state index contributed by atoms with van der Waals surface area (Å²) >= 11 is 0.320. The normalized spacial score (nSPS) is 22.8. The van der Waals surface area contributed by atoms with Crippen LogP contribution in [0.1, 0.15) is 25.8 Å². The Hall–Kier alpha value is -1.81. The molecule has 1 amide bonds. The number of ether oxygens (including phenoxy) is 1. The van der Waals surface area contributed by atoms with Crippen molar-refractivity contribution < 1.29 is 9.53 Å².